The largest absolute Gasteiger partial charge is 0.507 e. The van der Waals surface area contributed by atoms with Crippen LogP contribution in [0, 0.1) is 13.8 Å². The summed E-state index contributed by atoms with van der Waals surface area (Å²) in [4.78, 5) is 45.2. The predicted molar refractivity (Wildman–Crippen MR) is 150 cm³/mol. The molecule has 0 saturated carbocycles. The van der Waals surface area contributed by atoms with Gasteiger partial charge in [-0.3, -0.25) is 14.5 Å². The second-order valence-corrected chi connectivity index (χ2v) is 11.3. The maximum absolute atomic E-state index is 13.5. The van der Waals surface area contributed by atoms with Crippen molar-refractivity contribution < 1.29 is 29.0 Å². The number of hydrogen-bond acceptors (Lipinski definition) is 8. The molecule has 8 nitrogen and oxygen atoms in total. The van der Waals surface area contributed by atoms with Gasteiger partial charge >= 0.3 is 11.9 Å². The predicted octanol–water partition coefficient (Wildman–Crippen LogP) is 5.87. The molecule has 0 spiro atoms. The third kappa shape index (κ3) is 5.18. The molecule has 1 N–H and O–H groups in total. The Hall–Kier alpha value is -3.98. The maximum atomic E-state index is 13.5. The summed E-state index contributed by atoms with van der Waals surface area (Å²) < 4.78 is 10.5. The molecule has 1 saturated heterocycles. The van der Waals surface area contributed by atoms with Crippen LogP contribution in [0.4, 0.5) is 5.13 Å². The number of thiazole rings is 1. The Morgan fingerprint density at radius 1 is 1.10 bits per heavy atom. The molecule has 2 heterocycles. The molecule has 1 aliphatic heterocycles. The zero-order chi connectivity index (χ0) is 28.6. The van der Waals surface area contributed by atoms with E-state index in [1.165, 1.54) is 12.0 Å². The highest BCUT2D eigenvalue weighted by Gasteiger charge is 2.48. The van der Waals surface area contributed by atoms with Crippen molar-refractivity contribution >= 4 is 39.9 Å². The van der Waals surface area contributed by atoms with E-state index in [0.29, 0.717) is 29.2 Å². The molecule has 2 aromatic carbocycles. The average Bonchev–Trinajstić information content (AvgIpc) is 3.40. The lowest BCUT2D eigenvalue weighted by molar-refractivity contribution is -0.132. The fourth-order valence-corrected chi connectivity index (χ4v) is 5.56. The van der Waals surface area contributed by atoms with Crippen molar-refractivity contribution in [2.45, 2.75) is 53.0 Å². The van der Waals surface area contributed by atoms with E-state index in [9.17, 15) is 19.5 Å². The first kappa shape index (κ1) is 28.0. The summed E-state index contributed by atoms with van der Waals surface area (Å²) in [5, 5.41) is 11.6. The summed E-state index contributed by atoms with van der Waals surface area (Å²) in [6.45, 7) is 12.1. The first-order valence-electron chi connectivity index (χ1n) is 12.6. The van der Waals surface area contributed by atoms with Crippen molar-refractivity contribution in [2.24, 2.45) is 0 Å². The van der Waals surface area contributed by atoms with E-state index in [-0.39, 0.29) is 26.8 Å². The molecule has 204 valence electrons. The first-order chi connectivity index (χ1) is 18.4. The van der Waals surface area contributed by atoms with Crippen molar-refractivity contribution in [1.29, 1.82) is 0 Å². The van der Waals surface area contributed by atoms with Gasteiger partial charge in [-0.25, -0.2) is 9.78 Å². The lowest BCUT2D eigenvalue weighted by Crippen LogP contribution is -2.29. The number of carbonyl (C=O) groups is 3. The summed E-state index contributed by atoms with van der Waals surface area (Å²) in [6, 6.07) is 11.7. The highest BCUT2D eigenvalue weighted by atomic mass is 32.1. The molecule has 1 atom stereocenters. The zero-order valence-corrected chi connectivity index (χ0v) is 23.9. The highest BCUT2D eigenvalue weighted by Crippen LogP contribution is 2.44. The molecule has 9 heteroatoms. The third-order valence-electron chi connectivity index (χ3n) is 6.65. The van der Waals surface area contributed by atoms with Gasteiger partial charge in [0.05, 0.1) is 31.0 Å². The molecule has 1 unspecified atom stereocenters. The average molecular weight is 549 g/mol. The van der Waals surface area contributed by atoms with E-state index < -0.39 is 23.7 Å². The van der Waals surface area contributed by atoms with Crippen LogP contribution in [0.25, 0.3) is 5.76 Å². The fourth-order valence-electron chi connectivity index (χ4n) is 4.55. The molecule has 1 fully saturated rings. The van der Waals surface area contributed by atoms with Crippen LogP contribution in [0.15, 0.2) is 48.0 Å². The lowest BCUT2D eigenvalue weighted by Gasteiger charge is -2.25. The number of hydrogen-bond donors (Lipinski definition) is 1. The first-order valence-corrected chi connectivity index (χ1v) is 13.4. The Kier molecular flexibility index (Phi) is 7.66. The second-order valence-electron chi connectivity index (χ2n) is 10.4. The second kappa shape index (κ2) is 10.6. The third-order valence-corrected chi connectivity index (χ3v) is 7.78. The fraction of sp³-hybridized carbons (Fsp3) is 0.333. The minimum atomic E-state index is -0.957. The number of nitrogens with zero attached hydrogens (tertiary/aromatic N) is 2. The van der Waals surface area contributed by atoms with Gasteiger partial charge in [-0.15, -0.1) is 0 Å². The quantitative estimate of drug-likeness (QED) is 0.178. The summed E-state index contributed by atoms with van der Waals surface area (Å²) in [6.07, 6.45) is 0. The number of anilines is 1. The molecular weight excluding hydrogens is 516 g/mol. The van der Waals surface area contributed by atoms with Crippen molar-refractivity contribution in [3.05, 3.63) is 80.9 Å². The number of ketones is 1. The molecular formula is C30H32N2O6S. The number of amides is 1. The number of aliphatic hydroxyl groups is 1. The van der Waals surface area contributed by atoms with Crippen LogP contribution in [0.2, 0.25) is 0 Å². The van der Waals surface area contributed by atoms with E-state index in [0.717, 1.165) is 22.5 Å². The van der Waals surface area contributed by atoms with Gasteiger partial charge in [-0.1, -0.05) is 56.4 Å². The number of esters is 1. The Morgan fingerprint density at radius 2 is 1.77 bits per heavy atom. The van der Waals surface area contributed by atoms with Gasteiger partial charge in [-0.05, 0) is 61.1 Å². The van der Waals surface area contributed by atoms with Crippen molar-refractivity contribution in [1.82, 2.24) is 4.98 Å². The smallest absolute Gasteiger partial charge is 0.350 e. The van der Waals surface area contributed by atoms with Crippen LogP contribution < -0.4 is 9.64 Å². The molecule has 1 aliphatic rings. The number of methoxy groups -OCH3 is 1. The summed E-state index contributed by atoms with van der Waals surface area (Å²) in [5.74, 6) is -1.89. The number of aryl methyl sites for hydroxylation is 2. The van der Waals surface area contributed by atoms with E-state index >= 15 is 0 Å². The number of ether oxygens (including phenoxy) is 2. The van der Waals surface area contributed by atoms with E-state index in [2.05, 4.69) is 25.8 Å². The monoisotopic (exact) mass is 548 g/mol. The summed E-state index contributed by atoms with van der Waals surface area (Å²) in [5.41, 5.74) is 3.08. The number of carbonyl (C=O) groups excluding carboxylic acids is 3. The summed E-state index contributed by atoms with van der Waals surface area (Å²) >= 11 is 0.967. The van der Waals surface area contributed by atoms with Gasteiger partial charge < -0.3 is 14.6 Å². The van der Waals surface area contributed by atoms with Gasteiger partial charge in [0.25, 0.3) is 5.78 Å². The molecule has 4 rings (SSSR count). The zero-order valence-electron chi connectivity index (χ0n) is 23.1. The number of Topliss-reactive ketones (excluding diaryl/α,β-unsaturated/α-hetero) is 1. The van der Waals surface area contributed by atoms with Crippen molar-refractivity contribution in [3.63, 3.8) is 0 Å². The van der Waals surface area contributed by atoms with Crippen molar-refractivity contribution in [2.75, 3.05) is 18.6 Å². The van der Waals surface area contributed by atoms with Crippen LogP contribution in [0.1, 0.15) is 71.4 Å². The molecule has 0 aliphatic carbocycles. The van der Waals surface area contributed by atoms with Gasteiger partial charge in [0.15, 0.2) is 5.13 Å². The van der Waals surface area contributed by atoms with Crippen LogP contribution in [0.5, 0.6) is 5.75 Å². The minimum Gasteiger partial charge on any atom is -0.507 e. The SMILES string of the molecule is CCOc1ccc(C(O)=C2C(=O)C(=O)N(c3nc(C)c(C(=O)OC)s3)C2c2ccc(C(C)(C)C)cc2)cc1C. The van der Waals surface area contributed by atoms with Crippen LogP contribution in [0.3, 0.4) is 0 Å². The number of benzene rings is 2. The number of rotatable bonds is 6. The van der Waals surface area contributed by atoms with Gasteiger partial charge in [0.1, 0.15) is 16.4 Å². The standard InChI is InChI=1S/C30H32N2O6S/c1-8-38-21-14-11-19(15-16(21)2)24(33)22-23(18-9-12-20(13-10-18)30(4,5)6)32(27(35)25(22)34)29-31-17(3)26(39-29)28(36)37-7/h9-15,23,33H,8H2,1-7H3. The molecule has 1 aromatic heterocycles. The van der Waals surface area contributed by atoms with Gasteiger partial charge in [0, 0.05) is 5.56 Å². The van der Waals surface area contributed by atoms with Gasteiger partial charge in [-0.2, -0.15) is 0 Å². The Morgan fingerprint density at radius 3 is 2.33 bits per heavy atom. The number of aliphatic hydroxyl groups excluding tert-OH is 1. The normalized spacial score (nSPS) is 17.0. The van der Waals surface area contributed by atoms with E-state index in [1.54, 1.807) is 25.1 Å². The molecule has 39 heavy (non-hydrogen) atoms. The minimum absolute atomic E-state index is 0.0560. The van der Waals surface area contributed by atoms with Crippen molar-refractivity contribution in [3.8, 4) is 5.75 Å². The molecule has 0 radical (unpaired) electrons. The summed E-state index contributed by atoms with van der Waals surface area (Å²) in [7, 11) is 1.27. The van der Waals surface area contributed by atoms with Crippen LogP contribution in [-0.2, 0) is 19.7 Å². The molecule has 0 bridgehead atoms. The number of aromatic nitrogens is 1. The van der Waals surface area contributed by atoms with Crippen LogP contribution >= 0.6 is 11.3 Å². The van der Waals surface area contributed by atoms with Crippen LogP contribution in [-0.4, -0.2) is 41.5 Å². The Bertz CT molecular complexity index is 1480. The Labute approximate surface area is 231 Å². The van der Waals surface area contributed by atoms with Gasteiger partial charge in [0.2, 0.25) is 0 Å². The molecule has 1 amide bonds. The molecule has 3 aromatic rings. The topological polar surface area (TPSA) is 106 Å². The lowest BCUT2D eigenvalue weighted by atomic mass is 9.85. The van der Waals surface area contributed by atoms with E-state index in [1.807, 2.05) is 38.1 Å². The Balaban J connectivity index is 1.92. The maximum Gasteiger partial charge on any atom is 0.350 e. The van der Waals surface area contributed by atoms with E-state index in [4.69, 9.17) is 9.47 Å². The highest BCUT2D eigenvalue weighted by molar-refractivity contribution is 7.17.